The second kappa shape index (κ2) is 5.25. The normalized spacial score (nSPS) is 12.8. The van der Waals surface area contributed by atoms with E-state index >= 15 is 0 Å². The van der Waals surface area contributed by atoms with E-state index in [-0.39, 0.29) is 6.04 Å². The number of allylic oxidation sites excluding steroid dienone is 1. The Morgan fingerprint density at radius 2 is 2.25 bits per heavy atom. The lowest BCUT2D eigenvalue weighted by Crippen LogP contribution is -2.27. The third kappa shape index (κ3) is 2.32. The minimum atomic E-state index is 0.232. The molecule has 1 aromatic heterocycles. The molecular formula is C13H16N2S. The van der Waals surface area contributed by atoms with Crippen molar-refractivity contribution in [2.75, 3.05) is 0 Å². The standard InChI is InChI=1S/C13H16N2S/c1-2-3-7-11(15-14)13-9-10-6-4-5-8-12(10)16-13/h2,4-6,8-9,11,15H,1,3,7,14H2. The van der Waals surface area contributed by atoms with Gasteiger partial charge in [-0.15, -0.1) is 17.9 Å². The van der Waals surface area contributed by atoms with Crippen molar-refractivity contribution in [1.82, 2.24) is 5.43 Å². The van der Waals surface area contributed by atoms with Crippen LogP contribution in [0.15, 0.2) is 43.0 Å². The Kier molecular flexibility index (Phi) is 3.72. The number of fused-ring (bicyclic) bond motifs is 1. The third-order valence-electron chi connectivity index (χ3n) is 2.65. The molecule has 0 saturated heterocycles. The highest BCUT2D eigenvalue weighted by Crippen LogP contribution is 2.31. The van der Waals surface area contributed by atoms with Crippen molar-refractivity contribution in [2.24, 2.45) is 5.84 Å². The molecule has 0 bridgehead atoms. The average molecular weight is 232 g/mol. The van der Waals surface area contributed by atoms with E-state index in [2.05, 4.69) is 42.3 Å². The summed E-state index contributed by atoms with van der Waals surface area (Å²) >= 11 is 1.80. The Morgan fingerprint density at radius 1 is 1.44 bits per heavy atom. The molecular weight excluding hydrogens is 216 g/mol. The van der Waals surface area contributed by atoms with Crippen LogP contribution in [0.5, 0.6) is 0 Å². The zero-order valence-corrected chi connectivity index (χ0v) is 9.96. The van der Waals surface area contributed by atoms with E-state index < -0.39 is 0 Å². The molecule has 0 spiro atoms. The number of benzene rings is 1. The van der Waals surface area contributed by atoms with Gasteiger partial charge in [0, 0.05) is 9.58 Å². The molecule has 0 aliphatic heterocycles. The van der Waals surface area contributed by atoms with Crippen molar-refractivity contribution >= 4 is 21.4 Å². The van der Waals surface area contributed by atoms with E-state index in [1.165, 1.54) is 15.0 Å². The molecule has 1 aromatic carbocycles. The Morgan fingerprint density at radius 3 is 2.94 bits per heavy atom. The molecule has 3 N–H and O–H groups in total. The number of thiophene rings is 1. The van der Waals surface area contributed by atoms with Gasteiger partial charge in [-0.25, -0.2) is 0 Å². The van der Waals surface area contributed by atoms with Gasteiger partial charge >= 0.3 is 0 Å². The van der Waals surface area contributed by atoms with Crippen LogP contribution in [0.3, 0.4) is 0 Å². The van der Waals surface area contributed by atoms with Crippen LogP contribution in [0.25, 0.3) is 10.1 Å². The highest BCUT2D eigenvalue weighted by molar-refractivity contribution is 7.19. The van der Waals surface area contributed by atoms with Crippen molar-refractivity contribution in [3.8, 4) is 0 Å². The molecule has 3 heteroatoms. The van der Waals surface area contributed by atoms with E-state index in [0.717, 1.165) is 12.8 Å². The summed E-state index contributed by atoms with van der Waals surface area (Å²) in [7, 11) is 0. The van der Waals surface area contributed by atoms with Crippen LogP contribution in [0.1, 0.15) is 23.8 Å². The molecule has 1 unspecified atom stereocenters. The number of nitrogens with one attached hydrogen (secondary N) is 1. The number of hydrogen-bond acceptors (Lipinski definition) is 3. The predicted molar refractivity (Wildman–Crippen MR) is 71.3 cm³/mol. The van der Waals surface area contributed by atoms with E-state index in [1.807, 2.05) is 6.08 Å². The van der Waals surface area contributed by atoms with Gasteiger partial charge in [0.25, 0.3) is 0 Å². The SMILES string of the molecule is C=CCCC(NN)c1cc2ccccc2s1. The Balaban J connectivity index is 2.26. The second-order valence-corrected chi connectivity index (χ2v) is 4.89. The van der Waals surface area contributed by atoms with Crippen molar-refractivity contribution in [3.05, 3.63) is 47.9 Å². The summed E-state index contributed by atoms with van der Waals surface area (Å²) in [5, 5.41) is 1.29. The molecule has 0 saturated carbocycles. The first-order chi connectivity index (χ1) is 7.85. The smallest absolute Gasteiger partial charge is 0.0556 e. The van der Waals surface area contributed by atoms with Gasteiger partial charge in [0.2, 0.25) is 0 Å². The molecule has 0 radical (unpaired) electrons. The first-order valence-electron chi connectivity index (χ1n) is 5.40. The zero-order chi connectivity index (χ0) is 11.4. The summed E-state index contributed by atoms with van der Waals surface area (Å²) in [5.74, 6) is 5.59. The first-order valence-corrected chi connectivity index (χ1v) is 6.22. The summed E-state index contributed by atoms with van der Waals surface area (Å²) in [6, 6.07) is 10.9. The topological polar surface area (TPSA) is 38.0 Å². The van der Waals surface area contributed by atoms with Crippen LogP contribution < -0.4 is 11.3 Å². The molecule has 84 valence electrons. The quantitative estimate of drug-likeness (QED) is 0.471. The summed E-state index contributed by atoms with van der Waals surface area (Å²) in [6.45, 7) is 3.74. The highest BCUT2D eigenvalue weighted by Gasteiger charge is 2.11. The first kappa shape index (κ1) is 11.3. The molecule has 0 amide bonds. The van der Waals surface area contributed by atoms with Gasteiger partial charge in [-0.05, 0) is 30.4 Å². The second-order valence-electron chi connectivity index (χ2n) is 3.77. The van der Waals surface area contributed by atoms with Crippen LogP contribution in [0, 0.1) is 0 Å². The number of hydrazine groups is 1. The maximum absolute atomic E-state index is 5.59. The fourth-order valence-corrected chi connectivity index (χ4v) is 2.93. The van der Waals surface area contributed by atoms with Gasteiger partial charge in [-0.2, -0.15) is 0 Å². The van der Waals surface area contributed by atoms with E-state index in [0.29, 0.717) is 0 Å². The molecule has 1 atom stereocenters. The summed E-state index contributed by atoms with van der Waals surface area (Å²) in [5.41, 5.74) is 2.88. The summed E-state index contributed by atoms with van der Waals surface area (Å²) in [4.78, 5) is 1.30. The van der Waals surface area contributed by atoms with Crippen LogP contribution >= 0.6 is 11.3 Å². The molecule has 0 fully saturated rings. The van der Waals surface area contributed by atoms with E-state index in [1.54, 1.807) is 11.3 Å². The lowest BCUT2D eigenvalue weighted by Gasteiger charge is -2.12. The molecule has 2 aromatic rings. The third-order valence-corrected chi connectivity index (χ3v) is 3.88. The predicted octanol–water partition coefficient (Wildman–Crippen LogP) is 3.37. The van der Waals surface area contributed by atoms with Gasteiger partial charge in [0.05, 0.1) is 6.04 Å². The zero-order valence-electron chi connectivity index (χ0n) is 9.15. The Hall–Kier alpha value is -1.16. The van der Waals surface area contributed by atoms with Crippen molar-refractivity contribution in [2.45, 2.75) is 18.9 Å². The molecule has 16 heavy (non-hydrogen) atoms. The van der Waals surface area contributed by atoms with Crippen molar-refractivity contribution in [1.29, 1.82) is 0 Å². The fourth-order valence-electron chi connectivity index (χ4n) is 1.77. The molecule has 0 aliphatic carbocycles. The Bertz CT molecular complexity index is 442. The molecule has 2 rings (SSSR count). The van der Waals surface area contributed by atoms with Crippen molar-refractivity contribution in [3.63, 3.8) is 0 Å². The van der Waals surface area contributed by atoms with E-state index in [9.17, 15) is 0 Å². The Labute approximate surface area is 99.7 Å². The minimum absolute atomic E-state index is 0.232. The monoisotopic (exact) mass is 232 g/mol. The molecule has 2 nitrogen and oxygen atoms in total. The molecule has 1 heterocycles. The average Bonchev–Trinajstić information content (AvgIpc) is 2.73. The summed E-state index contributed by atoms with van der Waals surface area (Å²) in [6.07, 6.45) is 3.90. The molecule has 0 aliphatic rings. The lowest BCUT2D eigenvalue weighted by atomic mass is 10.1. The lowest BCUT2D eigenvalue weighted by molar-refractivity contribution is 0.529. The minimum Gasteiger partial charge on any atom is -0.271 e. The van der Waals surface area contributed by atoms with Gasteiger partial charge in [-0.3, -0.25) is 11.3 Å². The van der Waals surface area contributed by atoms with E-state index in [4.69, 9.17) is 5.84 Å². The largest absolute Gasteiger partial charge is 0.271 e. The number of rotatable bonds is 5. The van der Waals surface area contributed by atoms with Crippen LogP contribution in [-0.2, 0) is 0 Å². The van der Waals surface area contributed by atoms with Gasteiger partial charge in [0.15, 0.2) is 0 Å². The maximum Gasteiger partial charge on any atom is 0.0556 e. The van der Waals surface area contributed by atoms with Crippen LogP contribution in [-0.4, -0.2) is 0 Å². The number of nitrogens with two attached hydrogens (primary N) is 1. The van der Waals surface area contributed by atoms with Gasteiger partial charge in [-0.1, -0.05) is 24.3 Å². The van der Waals surface area contributed by atoms with Crippen LogP contribution in [0.2, 0.25) is 0 Å². The van der Waals surface area contributed by atoms with Crippen molar-refractivity contribution < 1.29 is 0 Å². The summed E-state index contributed by atoms with van der Waals surface area (Å²) < 4.78 is 1.32. The van der Waals surface area contributed by atoms with Crippen LogP contribution in [0.4, 0.5) is 0 Å². The number of hydrogen-bond donors (Lipinski definition) is 2. The van der Waals surface area contributed by atoms with Gasteiger partial charge in [0.1, 0.15) is 0 Å². The fraction of sp³-hybridized carbons (Fsp3) is 0.231. The maximum atomic E-state index is 5.59. The van der Waals surface area contributed by atoms with Gasteiger partial charge < -0.3 is 0 Å². The highest BCUT2D eigenvalue weighted by atomic mass is 32.1.